The summed E-state index contributed by atoms with van der Waals surface area (Å²) in [5.41, 5.74) is 5.44. The Hall–Kier alpha value is -1.23. The summed E-state index contributed by atoms with van der Waals surface area (Å²) in [5.74, 6) is 0.00304. The van der Waals surface area contributed by atoms with Gasteiger partial charge in [0.05, 0.1) is 11.7 Å². The predicted molar refractivity (Wildman–Crippen MR) is 72.0 cm³/mol. The minimum atomic E-state index is -4.41. The van der Waals surface area contributed by atoms with Crippen molar-refractivity contribution >= 4 is 5.69 Å². The number of anilines is 1. The molecule has 0 radical (unpaired) electrons. The molecule has 1 aliphatic rings. The number of hydrogen-bond acceptors (Lipinski definition) is 2. The molecule has 1 saturated carbocycles. The third kappa shape index (κ3) is 3.45. The highest BCUT2D eigenvalue weighted by Crippen LogP contribution is 2.38. The Labute approximate surface area is 116 Å². The van der Waals surface area contributed by atoms with E-state index in [1.54, 1.807) is 0 Å². The van der Waals surface area contributed by atoms with Crippen LogP contribution in [0.5, 0.6) is 0 Å². The number of hydrogen-bond donors (Lipinski definition) is 2. The Morgan fingerprint density at radius 3 is 2.25 bits per heavy atom. The van der Waals surface area contributed by atoms with Gasteiger partial charge in [-0.2, -0.15) is 13.2 Å². The second kappa shape index (κ2) is 6.04. The molecule has 0 heterocycles. The van der Waals surface area contributed by atoms with E-state index in [4.69, 9.17) is 5.73 Å². The van der Waals surface area contributed by atoms with Crippen LogP contribution in [0.1, 0.15) is 55.8 Å². The molecule has 3 N–H and O–H groups in total. The van der Waals surface area contributed by atoms with E-state index in [1.807, 2.05) is 0 Å². The predicted octanol–water partition coefficient (Wildman–Crippen LogP) is 4.29. The van der Waals surface area contributed by atoms with Gasteiger partial charge in [0.25, 0.3) is 0 Å². The van der Waals surface area contributed by atoms with Gasteiger partial charge in [0, 0.05) is 11.3 Å². The number of rotatable bonds is 2. The first-order chi connectivity index (χ1) is 9.39. The van der Waals surface area contributed by atoms with Gasteiger partial charge in [-0.25, -0.2) is 0 Å². The van der Waals surface area contributed by atoms with Crippen molar-refractivity contribution in [2.45, 2.75) is 50.8 Å². The molecule has 1 aliphatic carbocycles. The molecule has 0 aliphatic heterocycles. The van der Waals surface area contributed by atoms with Crippen LogP contribution in [0.3, 0.4) is 0 Å². The van der Waals surface area contributed by atoms with E-state index in [-0.39, 0.29) is 17.2 Å². The summed E-state index contributed by atoms with van der Waals surface area (Å²) in [4.78, 5) is 0. The van der Waals surface area contributed by atoms with Crippen LogP contribution >= 0.6 is 0 Å². The Morgan fingerprint density at radius 1 is 1.10 bits per heavy atom. The van der Waals surface area contributed by atoms with Gasteiger partial charge in [0.2, 0.25) is 0 Å². The van der Waals surface area contributed by atoms with Crippen LogP contribution in [-0.2, 0) is 6.18 Å². The third-order valence-electron chi connectivity index (χ3n) is 4.08. The van der Waals surface area contributed by atoms with Gasteiger partial charge in [-0.3, -0.25) is 0 Å². The first-order valence-corrected chi connectivity index (χ1v) is 7.04. The van der Waals surface area contributed by atoms with E-state index >= 15 is 0 Å². The molecular formula is C15H20F3NO. The zero-order valence-electron chi connectivity index (χ0n) is 11.3. The minimum absolute atomic E-state index is 0.00304. The fourth-order valence-electron chi connectivity index (χ4n) is 2.89. The maximum absolute atomic E-state index is 12.7. The average Bonchev–Trinajstić information content (AvgIpc) is 2.66. The molecule has 2 nitrogen and oxygen atoms in total. The molecule has 5 heteroatoms. The first-order valence-electron chi connectivity index (χ1n) is 7.04. The monoisotopic (exact) mass is 287 g/mol. The maximum atomic E-state index is 12.7. The quantitative estimate of drug-likeness (QED) is 0.629. The number of halogens is 3. The van der Waals surface area contributed by atoms with E-state index in [1.165, 1.54) is 6.07 Å². The molecule has 20 heavy (non-hydrogen) atoms. The van der Waals surface area contributed by atoms with Crippen LogP contribution in [-0.4, -0.2) is 5.11 Å². The Bertz CT molecular complexity index is 451. The van der Waals surface area contributed by atoms with Gasteiger partial charge >= 0.3 is 6.18 Å². The first kappa shape index (κ1) is 15.2. The van der Waals surface area contributed by atoms with E-state index in [0.29, 0.717) is 0 Å². The zero-order chi connectivity index (χ0) is 14.8. The fraction of sp³-hybridized carbons (Fsp3) is 0.600. The van der Waals surface area contributed by atoms with Gasteiger partial charge < -0.3 is 10.8 Å². The van der Waals surface area contributed by atoms with Crippen LogP contribution in [0.4, 0.5) is 18.9 Å². The number of nitrogens with two attached hydrogens (primary N) is 1. The molecule has 1 atom stereocenters. The lowest BCUT2D eigenvalue weighted by atomic mass is 9.88. The molecule has 1 unspecified atom stereocenters. The Balaban J connectivity index is 2.25. The van der Waals surface area contributed by atoms with E-state index in [9.17, 15) is 18.3 Å². The van der Waals surface area contributed by atoms with E-state index in [0.717, 1.165) is 50.7 Å². The average molecular weight is 287 g/mol. The number of aliphatic hydroxyl groups is 1. The number of alkyl halides is 3. The second-order valence-corrected chi connectivity index (χ2v) is 5.54. The fourth-order valence-corrected chi connectivity index (χ4v) is 2.89. The van der Waals surface area contributed by atoms with E-state index < -0.39 is 17.8 Å². The van der Waals surface area contributed by atoms with Crippen molar-refractivity contribution < 1.29 is 18.3 Å². The lowest BCUT2D eigenvalue weighted by Gasteiger charge is -2.23. The Kier molecular flexibility index (Phi) is 4.58. The summed E-state index contributed by atoms with van der Waals surface area (Å²) in [6, 6.07) is 3.18. The van der Waals surface area contributed by atoms with Gasteiger partial charge in [0.15, 0.2) is 0 Å². The maximum Gasteiger partial charge on any atom is 0.416 e. The van der Waals surface area contributed by atoms with Crippen molar-refractivity contribution in [1.82, 2.24) is 0 Å². The van der Waals surface area contributed by atoms with Crippen molar-refractivity contribution in [1.29, 1.82) is 0 Å². The van der Waals surface area contributed by atoms with Crippen LogP contribution in [0.15, 0.2) is 18.2 Å². The van der Waals surface area contributed by atoms with Crippen molar-refractivity contribution in [3.63, 3.8) is 0 Å². The largest absolute Gasteiger partial charge is 0.416 e. The molecule has 112 valence electrons. The number of benzene rings is 1. The molecule has 2 rings (SSSR count). The Morgan fingerprint density at radius 2 is 1.70 bits per heavy atom. The normalized spacial score (nSPS) is 19.6. The molecular weight excluding hydrogens is 267 g/mol. The topological polar surface area (TPSA) is 46.2 Å². The van der Waals surface area contributed by atoms with Crippen molar-refractivity contribution in [2.75, 3.05) is 5.73 Å². The SMILES string of the molecule is Nc1ccc(C(F)(F)F)cc1C(O)C1CCCCCC1. The summed E-state index contributed by atoms with van der Waals surface area (Å²) < 4.78 is 38.2. The van der Waals surface area contributed by atoms with E-state index in [2.05, 4.69) is 0 Å². The molecule has 1 aromatic carbocycles. The van der Waals surface area contributed by atoms with Crippen LogP contribution in [0, 0.1) is 5.92 Å². The van der Waals surface area contributed by atoms with Gasteiger partial charge in [0.1, 0.15) is 0 Å². The number of aliphatic hydroxyl groups excluding tert-OH is 1. The van der Waals surface area contributed by atoms with Crippen LogP contribution in [0.2, 0.25) is 0 Å². The smallest absolute Gasteiger partial charge is 0.398 e. The van der Waals surface area contributed by atoms with Gasteiger partial charge in [-0.1, -0.05) is 25.7 Å². The standard InChI is InChI=1S/C15H20F3NO/c16-15(17,18)11-7-8-13(19)12(9-11)14(20)10-5-3-1-2-4-6-10/h7-10,14,20H,1-6,19H2. The zero-order valence-corrected chi connectivity index (χ0v) is 11.3. The van der Waals surface area contributed by atoms with Crippen LogP contribution in [0.25, 0.3) is 0 Å². The van der Waals surface area contributed by atoms with Gasteiger partial charge in [-0.15, -0.1) is 0 Å². The lowest BCUT2D eigenvalue weighted by Crippen LogP contribution is -2.15. The van der Waals surface area contributed by atoms with Crippen molar-refractivity contribution in [3.05, 3.63) is 29.3 Å². The summed E-state index contributed by atoms with van der Waals surface area (Å²) >= 11 is 0. The van der Waals surface area contributed by atoms with Crippen molar-refractivity contribution in [2.24, 2.45) is 5.92 Å². The van der Waals surface area contributed by atoms with Crippen LogP contribution < -0.4 is 5.73 Å². The highest BCUT2D eigenvalue weighted by Gasteiger charge is 2.32. The third-order valence-corrected chi connectivity index (χ3v) is 4.08. The molecule has 1 fully saturated rings. The van der Waals surface area contributed by atoms with Crippen molar-refractivity contribution in [3.8, 4) is 0 Å². The molecule has 1 aromatic rings. The van der Waals surface area contributed by atoms with Gasteiger partial charge in [-0.05, 0) is 37.0 Å². The highest BCUT2D eigenvalue weighted by molar-refractivity contribution is 5.50. The summed E-state index contributed by atoms with van der Waals surface area (Å²) in [6.45, 7) is 0. The summed E-state index contributed by atoms with van der Waals surface area (Å²) in [6.07, 6.45) is 0.652. The molecule has 0 spiro atoms. The molecule has 0 amide bonds. The number of nitrogen functional groups attached to an aromatic ring is 1. The molecule has 0 aromatic heterocycles. The summed E-state index contributed by atoms with van der Waals surface area (Å²) in [7, 11) is 0. The highest BCUT2D eigenvalue weighted by atomic mass is 19.4. The molecule has 0 saturated heterocycles. The molecule has 0 bridgehead atoms. The second-order valence-electron chi connectivity index (χ2n) is 5.54. The lowest BCUT2D eigenvalue weighted by molar-refractivity contribution is -0.137. The minimum Gasteiger partial charge on any atom is -0.398 e. The summed E-state index contributed by atoms with van der Waals surface area (Å²) in [5, 5.41) is 10.4.